The van der Waals surface area contributed by atoms with Crippen LogP contribution in [0.25, 0.3) is 0 Å². The van der Waals surface area contributed by atoms with Gasteiger partial charge in [0.05, 0.1) is 6.54 Å². The Balaban J connectivity index is 2.18. The third kappa shape index (κ3) is 3.19. The van der Waals surface area contributed by atoms with Gasteiger partial charge in [-0.05, 0) is 19.8 Å². The van der Waals surface area contributed by atoms with Crippen molar-refractivity contribution in [3.05, 3.63) is 17.6 Å². The van der Waals surface area contributed by atoms with Gasteiger partial charge in [0, 0.05) is 25.2 Å². The second kappa shape index (κ2) is 5.64. The second-order valence-corrected chi connectivity index (χ2v) is 6.78. The van der Waals surface area contributed by atoms with Crippen LogP contribution in [0.3, 0.4) is 0 Å². The fourth-order valence-electron chi connectivity index (χ4n) is 2.10. The SMILES string of the molecule is CCN(CC)S(=O)(=O)c1cc(CNC2CC2)oc1C. The van der Waals surface area contributed by atoms with E-state index in [-0.39, 0.29) is 0 Å². The van der Waals surface area contributed by atoms with E-state index in [9.17, 15) is 8.42 Å². The van der Waals surface area contributed by atoms with Crippen molar-refractivity contribution in [2.45, 2.75) is 51.1 Å². The Labute approximate surface area is 115 Å². The average Bonchev–Trinajstić information content (AvgIpc) is 3.10. The zero-order valence-electron chi connectivity index (χ0n) is 11.8. The number of sulfonamides is 1. The quantitative estimate of drug-likeness (QED) is 0.831. The highest BCUT2D eigenvalue weighted by atomic mass is 32.2. The fraction of sp³-hybridized carbons (Fsp3) is 0.692. The van der Waals surface area contributed by atoms with E-state index >= 15 is 0 Å². The predicted octanol–water partition coefficient (Wildman–Crippen LogP) is 1.87. The largest absolute Gasteiger partial charge is 0.464 e. The first-order valence-corrected chi connectivity index (χ1v) is 8.25. The van der Waals surface area contributed by atoms with E-state index in [1.807, 2.05) is 13.8 Å². The molecule has 0 aromatic carbocycles. The van der Waals surface area contributed by atoms with Crippen LogP contribution in [0, 0.1) is 6.92 Å². The highest BCUT2D eigenvalue weighted by Gasteiger charge is 2.27. The molecule has 1 aromatic rings. The van der Waals surface area contributed by atoms with Gasteiger partial charge in [-0.3, -0.25) is 0 Å². The summed E-state index contributed by atoms with van der Waals surface area (Å²) in [6, 6.07) is 2.23. The van der Waals surface area contributed by atoms with Crippen molar-refractivity contribution in [1.82, 2.24) is 9.62 Å². The molecule has 0 unspecified atom stereocenters. The van der Waals surface area contributed by atoms with E-state index in [1.54, 1.807) is 13.0 Å². The highest BCUT2D eigenvalue weighted by molar-refractivity contribution is 7.89. The van der Waals surface area contributed by atoms with E-state index in [1.165, 1.54) is 17.1 Å². The van der Waals surface area contributed by atoms with Gasteiger partial charge in [-0.1, -0.05) is 13.8 Å². The van der Waals surface area contributed by atoms with Crippen LogP contribution in [0.5, 0.6) is 0 Å². The molecule has 19 heavy (non-hydrogen) atoms. The van der Waals surface area contributed by atoms with Gasteiger partial charge in [0.25, 0.3) is 0 Å². The molecule has 2 rings (SSSR count). The molecular formula is C13H22N2O3S. The second-order valence-electron chi connectivity index (χ2n) is 4.88. The number of hydrogen-bond acceptors (Lipinski definition) is 4. The number of nitrogens with one attached hydrogen (secondary N) is 1. The average molecular weight is 286 g/mol. The van der Waals surface area contributed by atoms with Crippen molar-refractivity contribution >= 4 is 10.0 Å². The molecule has 0 amide bonds. The van der Waals surface area contributed by atoms with Gasteiger partial charge >= 0.3 is 0 Å². The van der Waals surface area contributed by atoms with Gasteiger partial charge < -0.3 is 9.73 Å². The number of hydrogen-bond donors (Lipinski definition) is 1. The van der Waals surface area contributed by atoms with Crippen LogP contribution in [0.15, 0.2) is 15.4 Å². The standard InChI is InChI=1S/C13H22N2O3S/c1-4-15(5-2)19(16,17)13-8-12(18-10(13)3)9-14-11-6-7-11/h8,11,14H,4-7,9H2,1-3H3. The molecule has 1 heterocycles. The molecule has 1 saturated carbocycles. The Hall–Kier alpha value is -0.850. The molecule has 0 saturated heterocycles. The van der Waals surface area contributed by atoms with E-state index < -0.39 is 10.0 Å². The number of rotatable bonds is 7. The van der Waals surface area contributed by atoms with Gasteiger partial charge in [0.1, 0.15) is 16.4 Å². The van der Waals surface area contributed by atoms with Crippen LogP contribution in [0.1, 0.15) is 38.2 Å². The molecule has 0 radical (unpaired) electrons. The fourth-order valence-corrected chi connectivity index (χ4v) is 3.75. The molecule has 1 aromatic heterocycles. The lowest BCUT2D eigenvalue weighted by Crippen LogP contribution is -2.30. The van der Waals surface area contributed by atoms with Crippen molar-refractivity contribution in [1.29, 1.82) is 0 Å². The summed E-state index contributed by atoms with van der Waals surface area (Å²) in [5.74, 6) is 1.16. The van der Waals surface area contributed by atoms with Gasteiger partial charge in [0.15, 0.2) is 0 Å². The molecular weight excluding hydrogens is 264 g/mol. The summed E-state index contributed by atoms with van der Waals surface area (Å²) < 4.78 is 31.8. The predicted molar refractivity (Wildman–Crippen MR) is 73.4 cm³/mol. The molecule has 0 spiro atoms. The van der Waals surface area contributed by atoms with E-state index in [0.717, 1.165) is 0 Å². The first-order valence-electron chi connectivity index (χ1n) is 6.81. The van der Waals surface area contributed by atoms with Gasteiger partial charge in [-0.15, -0.1) is 0 Å². The zero-order chi connectivity index (χ0) is 14.0. The van der Waals surface area contributed by atoms with Crippen LogP contribution >= 0.6 is 0 Å². The Morgan fingerprint density at radius 1 is 1.37 bits per heavy atom. The van der Waals surface area contributed by atoms with Crippen LogP contribution < -0.4 is 5.32 Å². The first-order chi connectivity index (χ1) is 8.98. The third-order valence-electron chi connectivity index (χ3n) is 3.39. The topological polar surface area (TPSA) is 62.6 Å². The van der Waals surface area contributed by atoms with E-state index in [0.29, 0.717) is 42.1 Å². The smallest absolute Gasteiger partial charge is 0.246 e. The lowest BCUT2D eigenvalue weighted by molar-refractivity contribution is 0.436. The van der Waals surface area contributed by atoms with Crippen LogP contribution in [0.4, 0.5) is 0 Å². The number of aryl methyl sites for hydroxylation is 1. The minimum Gasteiger partial charge on any atom is -0.464 e. The lowest BCUT2D eigenvalue weighted by Gasteiger charge is -2.17. The number of nitrogens with zero attached hydrogens (tertiary/aromatic N) is 1. The van der Waals surface area contributed by atoms with E-state index in [4.69, 9.17) is 4.42 Å². The summed E-state index contributed by atoms with van der Waals surface area (Å²) in [4.78, 5) is 0.295. The van der Waals surface area contributed by atoms with E-state index in [2.05, 4.69) is 5.32 Å². The minimum absolute atomic E-state index is 0.295. The highest BCUT2D eigenvalue weighted by Crippen LogP contribution is 2.25. The molecule has 0 bridgehead atoms. The van der Waals surface area contributed by atoms with Crippen molar-refractivity contribution in [2.75, 3.05) is 13.1 Å². The first kappa shape index (κ1) is 14.6. The molecule has 1 fully saturated rings. The maximum atomic E-state index is 12.4. The summed E-state index contributed by atoms with van der Waals surface area (Å²) in [7, 11) is -3.42. The Bertz CT molecular complexity index is 528. The summed E-state index contributed by atoms with van der Waals surface area (Å²) >= 11 is 0. The maximum absolute atomic E-state index is 12.4. The molecule has 1 N–H and O–H groups in total. The van der Waals surface area contributed by atoms with Gasteiger partial charge in [0.2, 0.25) is 10.0 Å². The third-order valence-corrected chi connectivity index (χ3v) is 5.55. The molecule has 6 heteroatoms. The molecule has 1 aliphatic rings. The summed E-state index contributed by atoms with van der Waals surface area (Å²) in [5, 5.41) is 3.32. The maximum Gasteiger partial charge on any atom is 0.246 e. The van der Waals surface area contributed by atoms with Crippen LogP contribution in [-0.4, -0.2) is 31.9 Å². The van der Waals surface area contributed by atoms with Crippen molar-refractivity contribution in [3.63, 3.8) is 0 Å². The summed E-state index contributed by atoms with van der Waals surface area (Å²) in [6.45, 7) is 6.92. The Morgan fingerprint density at radius 3 is 2.53 bits per heavy atom. The van der Waals surface area contributed by atoms with Crippen molar-refractivity contribution in [2.24, 2.45) is 0 Å². The van der Waals surface area contributed by atoms with Crippen molar-refractivity contribution < 1.29 is 12.8 Å². The van der Waals surface area contributed by atoms with Gasteiger partial charge in [-0.2, -0.15) is 4.31 Å². The normalized spacial score (nSPS) is 16.2. The molecule has 1 aliphatic carbocycles. The molecule has 5 nitrogen and oxygen atoms in total. The monoisotopic (exact) mass is 286 g/mol. The van der Waals surface area contributed by atoms with Crippen LogP contribution in [-0.2, 0) is 16.6 Å². The lowest BCUT2D eigenvalue weighted by atomic mass is 10.4. The summed E-state index contributed by atoms with van der Waals surface area (Å²) in [5.41, 5.74) is 0. The van der Waals surface area contributed by atoms with Gasteiger partial charge in [-0.25, -0.2) is 8.42 Å². The van der Waals surface area contributed by atoms with Crippen LogP contribution in [0.2, 0.25) is 0 Å². The molecule has 0 atom stereocenters. The minimum atomic E-state index is -3.42. The molecule has 0 aliphatic heterocycles. The molecule has 108 valence electrons. The number of furan rings is 1. The zero-order valence-corrected chi connectivity index (χ0v) is 12.6. The Morgan fingerprint density at radius 2 is 2.00 bits per heavy atom. The van der Waals surface area contributed by atoms with Crippen molar-refractivity contribution in [3.8, 4) is 0 Å². The Kier molecular flexibility index (Phi) is 4.32. The summed E-state index contributed by atoms with van der Waals surface area (Å²) in [6.07, 6.45) is 2.40.